The van der Waals surface area contributed by atoms with Gasteiger partial charge in [0.2, 0.25) is 16.0 Å². The van der Waals surface area contributed by atoms with Crippen molar-refractivity contribution in [1.29, 1.82) is 5.26 Å². The van der Waals surface area contributed by atoms with Crippen LogP contribution in [0.15, 0.2) is 48.0 Å². The van der Waals surface area contributed by atoms with Gasteiger partial charge in [0.15, 0.2) is 11.5 Å². The number of carbonyl (C=O) groups is 2. The average molecular weight is 548 g/mol. The Hall–Kier alpha value is -4.64. The van der Waals surface area contributed by atoms with E-state index in [-0.39, 0.29) is 36.0 Å². The van der Waals surface area contributed by atoms with Gasteiger partial charge in [-0.3, -0.25) is 14.9 Å². The molecule has 0 bridgehead atoms. The maximum atomic E-state index is 12.7. The highest BCUT2D eigenvalue weighted by atomic mass is 32.1. The van der Waals surface area contributed by atoms with Crippen LogP contribution in [-0.2, 0) is 15.8 Å². The molecule has 0 atom stereocenters. The Kier molecular flexibility index (Phi) is 9.23. The zero-order valence-corrected chi connectivity index (χ0v) is 20.8. The molecule has 198 valence electrons. The summed E-state index contributed by atoms with van der Waals surface area (Å²) in [6, 6.07) is 13.2. The number of hydrogen-bond acceptors (Lipinski definition) is 9. The Balaban J connectivity index is 1.59. The lowest BCUT2D eigenvalue weighted by molar-refractivity contribution is -0.138. The third-order valence-corrected chi connectivity index (χ3v) is 5.42. The van der Waals surface area contributed by atoms with Gasteiger partial charge >= 0.3 is 6.18 Å². The highest BCUT2D eigenvalue weighted by molar-refractivity contribution is 7.15. The van der Waals surface area contributed by atoms with Crippen LogP contribution in [0.1, 0.15) is 17.5 Å². The molecule has 0 saturated carbocycles. The van der Waals surface area contributed by atoms with E-state index in [2.05, 4.69) is 20.8 Å². The van der Waals surface area contributed by atoms with Gasteiger partial charge in [0.25, 0.3) is 5.91 Å². The van der Waals surface area contributed by atoms with E-state index in [0.717, 1.165) is 0 Å². The summed E-state index contributed by atoms with van der Waals surface area (Å²) in [7, 11) is 1.41. The SMILES string of the molecule is COc1cc(/C=C(/C#N)C(=O)Nc2nnc(C(F)(F)F)s2)ccc1OCCOc1ccc(NC(C)=O)cc1. The van der Waals surface area contributed by atoms with Crippen LogP contribution in [-0.4, -0.2) is 42.3 Å². The fraction of sp³-hybridized carbons (Fsp3) is 0.208. The molecule has 0 aliphatic rings. The first kappa shape index (κ1) is 27.9. The van der Waals surface area contributed by atoms with E-state index >= 15 is 0 Å². The number of alkyl halides is 3. The predicted molar refractivity (Wildman–Crippen MR) is 132 cm³/mol. The molecule has 2 aromatic carbocycles. The van der Waals surface area contributed by atoms with Crippen LogP contribution in [0.2, 0.25) is 0 Å². The summed E-state index contributed by atoms with van der Waals surface area (Å²) in [6.45, 7) is 1.80. The number of anilines is 2. The second-order valence-corrected chi connectivity index (χ2v) is 8.32. The van der Waals surface area contributed by atoms with Crippen molar-refractivity contribution >= 4 is 40.0 Å². The lowest BCUT2D eigenvalue weighted by Gasteiger charge is -2.12. The topological polar surface area (TPSA) is 135 Å². The number of methoxy groups -OCH3 is 1. The number of hydrogen-bond donors (Lipinski definition) is 2. The van der Waals surface area contributed by atoms with Crippen LogP contribution in [0.4, 0.5) is 24.0 Å². The molecule has 0 radical (unpaired) electrons. The summed E-state index contributed by atoms with van der Waals surface area (Å²) < 4.78 is 54.6. The molecule has 0 aliphatic heterocycles. The summed E-state index contributed by atoms with van der Waals surface area (Å²) in [4.78, 5) is 23.4. The minimum atomic E-state index is -4.69. The minimum absolute atomic E-state index is 0.143. The quantitative estimate of drug-likeness (QED) is 0.215. The Labute approximate surface area is 218 Å². The molecule has 2 N–H and O–H groups in total. The van der Waals surface area contributed by atoms with Crippen molar-refractivity contribution in [3.8, 4) is 23.3 Å². The van der Waals surface area contributed by atoms with Gasteiger partial charge in [0.05, 0.1) is 7.11 Å². The second-order valence-electron chi connectivity index (χ2n) is 7.35. The third kappa shape index (κ3) is 7.93. The Morgan fingerprint density at radius 3 is 2.37 bits per heavy atom. The smallest absolute Gasteiger partial charge is 0.445 e. The number of carbonyl (C=O) groups excluding carboxylic acids is 2. The van der Waals surface area contributed by atoms with E-state index in [0.29, 0.717) is 28.5 Å². The van der Waals surface area contributed by atoms with Crippen molar-refractivity contribution in [1.82, 2.24) is 10.2 Å². The zero-order valence-electron chi connectivity index (χ0n) is 20.0. The predicted octanol–water partition coefficient (Wildman–Crippen LogP) is 4.53. The first-order chi connectivity index (χ1) is 18.1. The van der Waals surface area contributed by atoms with Crippen LogP contribution < -0.4 is 24.8 Å². The van der Waals surface area contributed by atoms with Gasteiger partial charge in [-0.15, -0.1) is 10.2 Å². The Bertz CT molecular complexity index is 1370. The number of rotatable bonds is 10. The molecule has 3 aromatic rings. The molecular formula is C24H20F3N5O5S. The standard InChI is InChI=1S/C24H20F3N5O5S/c1-14(33)29-17-4-6-18(7-5-17)36-9-10-37-19-8-3-15(12-20(19)35-2)11-16(13-28)21(34)30-23-32-31-22(38-23)24(25,26)27/h3-8,11-12H,9-10H2,1-2H3,(H,29,33)(H,30,32,34)/b16-11-. The first-order valence-electron chi connectivity index (χ1n) is 10.7. The van der Waals surface area contributed by atoms with Crippen LogP contribution in [0, 0.1) is 11.3 Å². The fourth-order valence-corrected chi connectivity index (χ4v) is 3.52. The van der Waals surface area contributed by atoms with Crippen molar-refractivity contribution in [2.75, 3.05) is 31.0 Å². The molecule has 0 saturated heterocycles. The highest BCUT2D eigenvalue weighted by Gasteiger charge is 2.35. The lowest BCUT2D eigenvalue weighted by Crippen LogP contribution is -2.13. The fourth-order valence-electron chi connectivity index (χ4n) is 2.91. The number of nitriles is 1. The number of amides is 2. The highest BCUT2D eigenvalue weighted by Crippen LogP contribution is 2.33. The van der Waals surface area contributed by atoms with Gasteiger partial charge in [0, 0.05) is 12.6 Å². The summed E-state index contributed by atoms with van der Waals surface area (Å²) in [6.07, 6.45) is -3.46. The van der Waals surface area contributed by atoms with Crippen molar-refractivity contribution in [2.45, 2.75) is 13.1 Å². The van der Waals surface area contributed by atoms with Gasteiger partial charge in [-0.1, -0.05) is 17.4 Å². The maximum Gasteiger partial charge on any atom is 0.445 e. The van der Waals surface area contributed by atoms with E-state index in [4.69, 9.17) is 14.2 Å². The minimum Gasteiger partial charge on any atom is -0.493 e. The van der Waals surface area contributed by atoms with Gasteiger partial charge in [-0.05, 0) is 48.0 Å². The molecule has 38 heavy (non-hydrogen) atoms. The van der Waals surface area contributed by atoms with Crippen molar-refractivity contribution in [2.24, 2.45) is 0 Å². The van der Waals surface area contributed by atoms with E-state index in [9.17, 15) is 28.0 Å². The van der Waals surface area contributed by atoms with E-state index in [1.165, 1.54) is 26.2 Å². The molecule has 0 spiro atoms. The molecule has 0 aliphatic carbocycles. The number of benzene rings is 2. The Morgan fingerprint density at radius 2 is 1.76 bits per heavy atom. The first-order valence-corrected chi connectivity index (χ1v) is 11.6. The largest absolute Gasteiger partial charge is 0.493 e. The number of nitrogens with zero attached hydrogens (tertiary/aromatic N) is 3. The third-order valence-electron chi connectivity index (χ3n) is 4.54. The number of aromatic nitrogens is 2. The van der Waals surface area contributed by atoms with Crippen LogP contribution in [0.25, 0.3) is 6.08 Å². The lowest BCUT2D eigenvalue weighted by atomic mass is 10.1. The Morgan fingerprint density at radius 1 is 1.05 bits per heavy atom. The molecular weight excluding hydrogens is 527 g/mol. The average Bonchev–Trinajstić information content (AvgIpc) is 3.35. The molecule has 14 heteroatoms. The molecule has 1 heterocycles. The van der Waals surface area contributed by atoms with Crippen molar-refractivity contribution in [3.05, 3.63) is 58.6 Å². The number of nitrogens with one attached hydrogen (secondary N) is 2. The molecule has 0 fully saturated rings. The number of halogens is 3. The molecule has 1 aromatic heterocycles. The monoisotopic (exact) mass is 547 g/mol. The van der Waals surface area contributed by atoms with Crippen LogP contribution in [0.3, 0.4) is 0 Å². The van der Waals surface area contributed by atoms with Gasteiger partial charge in [0.1, 0.15) is 30.6 Å². The molecule has 2 amide bonds. The van der Waals surface area contributed by atoms with Crippen molar-refractivity contribution < 1.29 is 37.0 Å². The summed E-state index contributed by atoms with van der Waals surface area (Å²) in [5.41, 5.74) is 0.680. The van der Waals surface area contributed by atoms with Gasteiger partial charge in [-0.25, -0.2) is 0 Å². The molecule has 0 unspecified atom stereocenters. The van der Waals surface area contributed by atoms with Gasteiger partial charge in [-0.2, -0.15) is 18.4 Å². The zero-order chi connectivity index (χ0) is 27.7. The van der Waals surface area contributed by atoms with Gasteiger partial charge < -0.3 is 19.5 Å². The summed E-state index contributed by atoms with van der Waals surface area (Å²) in [5, 5.41) is 18.8. The van der Waals surface area contributed by atoms with Crippen molar-refractivity contribution in [3.63, 3.8) is 0 Å². The second kappa shape index (κ2) is 12.5. The maximum absolute atomic E-state index is 12.7. The van der Waals surface area contributed by atoms with Crippen LogP contribution >= 0.6 is 11.3 Å². The summed E-state index contributed by atoms with van der Waals surface area (Å²) >= 11 is 0.143. The normalized spacial score (nSPS) is 11.3. The van der Waals surface area contributed by atoms with E-state index in [1.807, 2.05) is 0 Å². The van der Waals surface area contributed by atoms with Crippen LogP contribution in [0.5, 0.6) is 17.2 Å². The summed E-state index contributed by atoms with van der Waals surface area (Å²) in [5.74, 6) is 0.158. The van der Waals surface area contributed by atoms with E-state index < -0.39 is 22.2 Å². The van der Waals surface area contributed by atoms with E-state index in [1.54, 1.807) is 42.5 Å². The molecule has 10 nitrogen and oxygen atoms in total. The molecule has 3 rings (SSSR count). The number of ether oxygens (including phenoxy) is 3.